The quantitative estimate of drug-likeness (QED) is 0.310. The van der Waals surface area contributed by atoms with E-state index in [9.17, 15) is 4.79 Å². The van der Waals surface area contributed by atoms with Crippen LogP contribution in [0.3, 0.4) is 0 Å². The lowest BCUT2D eigenvalue weighted by atomic mass is 10.1. The number of aryl methyl sites for hydroxylation is 1. The first-order valence-corrected chi connectivity index (χ1v) is 11.8. The third kappa shape index (κ3) is 7.26. The average molecular weight is 511 g/mol. The van der Waals surface area contributed by atoms with Gasteiger partial charge >= 0.3 is 0 Å². The SMILES string of the molecule is COc1cc(CNc2cccc(NC(=O)CC(C)C)c2)cc(Br)c1OCc1ccccc1C. The summed E-state index contributed by atoms with van der Waals surface area (Å²) in [6.07, 6.45) is 0.504. The van der Waals surface area contributed by atoms with E-state index < -0.39 is 0 Å². The molecule has 0 bridgehead atoms. The number of carbonyl (C=O) groups is 1. The summed E-state index contributed by atoms with van der Waals surface area (Å²) in [5.41, 5.74) is 5.07. The van der Waals surface area contributed by atoms with Crippen LogP contribution in [0.15, 0.2) is 65.1 Å². The van der Waals surface area contributed by atoms with Crippen molar-refractivity contribution in [1.29, 1.82) is 0 Å². The number of rotatable bonds is 10. The summed E-state index contributed by atoms with van der Waals surface area (Å²) in [6.45, 7) is 7.20. The Morgan fingerprint density at radius 1 is 1.03 bits per heavy atom. The Morgan fingerprint density at radius 3 is 2.52 bits per heavy atom. The number of carbonyl (C=O) groups excluding carboxylic acids is 1. The molecule has 0 aliphatic heterocycles. The Bertz CT molecular complexity index is 1100. The summed E-state index contributed by atoms with van der Waals surface area (Å²) in [5, 5.41) is 6.37. The van der Waals surface area contributed by atoms with Gasteiger partial charge in [0.25, 0.3) is 0 Å². The number of amides is 1. The fraction of sp³-hybridized carbons (Fsp3) is 0.296. The number of methoxy groups -OCH3 is 1. The van der Waals surface area contributed by atoms with Crippen molar-refractivity contribution in [2.75, 3.05) is 17.7 Å². The van der Waals surface area contributed by atoms with Crippen molar-refractivity contribution >= 4 is 33.2 Å². The number of ether oxygens (including phenoxy) is 2. The highest BCUT2D eigenvalue weighted by Gasteiger charge is 2.13. The third-order valence-electron chi connectivity index (χ3n) is 5.16. The van der Waals surface area contributed by atoms with Crippen LogP contribution in [0.4, 0.5) is 11.4 Å². The first-order chi connectivity index (χ1) is 15.9. The number of halogens is 1. The maximum absolute atomic E-state index is 12.1. The zero-order valence-electron chi connectivity index (χ0n) is 19.6. The van der Waals surface area contributed by atoms with Crippen molar-refractivity contribution in [3.63, 3.8) is 0 Å². The van der Waals surface area contributed by atoms with Gasteiger partial charge in [0.2, 0.25) is 5.91 Å². The normalized spacial score (nSPS) is 10.7. The van der Waals surface area contributed by atoms with Crippen molar-refractivity contribution < 1.29 is 14.3 Å². The van der Waals surface area contributed by atoms with Crippen LogP contribution in [0.1, 0.15) is 37.0 Å². The summed E-state index contributed by atoms with van der Waals surface area (Å²) in [7, 11) is 1.64. The highest BCUT2D eigenvalue weighted by Crippen LogP contribution is 2.37. The van der Waals surface area contributed by atoms with Gasteiger partial charge in [-0.25, -0.2) is 0 Å². The second kappa shape index (κ2) is 11.8. The second-order valence-corrected chi connectivity index (χ2v) is 9.26. The molecule has 3 aromatic carbocycles. The highest BCUT2D eigenvalue weighted by atomic mass is 79.9. The monoisotopic (exact) mass is 510 g/mol. The van der Waals surface area contributed by atoms with Gasteiger partial charge < -0.3 is 20.1 Å². The van der Waals surface area contributed by atoms with E-state index in [0.29, 0.717) is 37.0 Å². The molecular formula is C27H31BrN2O3. The zero-order valence-corrected chi connectivity index (χ0v) is 21.2. The molecule has 1 amide bonds. The lowest BCUT2D eigenvalue weighted by molar-refractivity contribution is -0.116. The van der Waals surface area contributed by atoms with Crippen molar-refractivity contribution in [3.8, 4) is 11.5 Å². The molecule has 174 valence electrons. The number of benzene rings is 3. The Hall–Kier alpha value is -2.99. The van der Waals surface area contributed by atoms with E-state index in [1.54, 1.807) is 7.11 Å². The van der Waals surface area contributed by atoms with E-state index in [1.165, 1.54) is 5.56 Å². The lowest BCUT2D eigenvalue weighted by Crippen LogP contribution is -2.13. The molecule has 0 saturated heterocycles. The Morgan fingerprint density at radius 2 is 1.79 bits per heavy atom. The fourth-order valence-electron chi connectivity index (χ4n) is 3.43. The maximum atomic E-state index is 12.1. The van der Waals surface area contributed by atoms with Gasteiger partial charge in [-0.1, -0.05) is 44.2 Å². The predicted octanol–water partition coefficient (Wildman–Crippen LogP) is 6.94. The number of nitrogens with one attached hydrogen (secondary N) is 2. The minimum Gasteiger partial charge on any atom is -0.493 e. The lowest BCUT2D eigenvalue weighted by Gasteiger charge is -2.16. The van der Waals surface area contributed by atoms with Crippen LogP contribution in [0, 0.1) is 12.8 Å². The fourth-order valence-corrected chi connectivity index (χ4v) is 4.04. The van der Waals surface area contributed by atoms with E-state index in [-0.39, 0.29) is 5.91 Å². The first-order valence-electron chi connectivity index (χ1n) is 11.0. The summed E-state index contributed by atoms with van der Waals surface area (Å²) < 4.78 is 12.5. The van der Waals surface area contributed by atoms with Crippen molar-refractivity contribution in [2.24, 2.45) is 5.92 Å². The zero-order chi connectivity index (χ0) is 23.8. The molecule has 33 heavy (non-hydrogen) atoms. The molecule has 0 radical (unpaired) electrons. The van der Waals surface area contributed by atoms with E-state index >= 15 is 0 Å². The molecule has 2 N–H and O–H groups in total. The Balaban J connectivity index is 1.66. The molecule has 0 atom stereocenters. The molecular weight excluding hydrogens is 480 g/mol. The number of hydrogen-bond donors (Lipinski definition) is 2. The van der Waals surface area contributed by atoms with Gasteiger partial charge in [-0.15, -0.1) is 0 Å². The molecule has 0 heterocycles. The molecule has 3 rings (SSSR count). The van der Waals surface area contributed by atoms with Gasteiger partial charge in [0.05, 0.1) is 11.6 Å². The third-order valence-corrected chi connectivity index (χ3v) is 5.75. The van der Waals surface area contributed by atoms with Gasteiger partial charge in [0.15, 0.2) is 11.5 Å². The molecule has 5 nitrogen and oxygen atoms in total. The van der Waals surface area contributed by atoms with Crippen LogP contribution < -0.4 is 20.1 Å². The van der Waals surface area contributed by atoms with E-state index in [2.05, 4.69) is 45.6 Å². The van der Waals surface area contributed by atoms with Gasteiger partial charge in [-0.05, 0) is 75.8 Å². The largest absolute Gasteiger partial charge is 0.493 e. The number of anilines is 2. The van der Waals surface area contributed by atoms with Gasteiger partial charge in [0.1, 0.15) is 6.61 Å². The van der Waals surface area contributed by atoms with E-state index in [4.69, 9.17) is 9.47 Å². The number of hydrogen-bond acceptors (Lipinski definition) is 4. The average Bonchev–Trinajstić information content (AvgIpc) is 2.77. The van der Waals surface area contributed by atoms with Crippen LogP contribution in [-0.4, -0.2) is 13.0 Å². The summed E-state index contributed by atoms with van der Waals surface area (Å²) >= 11 is 3.64. The Labute approximate surface area is 204 Å². The molecule has 6 heteroatoms. The predicted molar refractivity (Wildman–Crippen MR) is 138 cm³/mol. The standard InChI is InChI=1S/C27H31BrN2O3/c1-18(2)12-26(31)30-23-11-7-10-22(15-23)29-16-20-13-24(28)27(25(14-20)32-4)33-17-21-9-6-5-8-19(21)3/h5-11,13-15,18,29H,12,16-17H2,1-4H3,(H,30,31). The molecule has 3 aromatic rings. The maximum Gasteiger partial charge on any atom is 0.224 e. The van der Waals surface area contributed by atoms with Crippen molar-refractivity contribution in [2.45, 2.75) is 40.3 Å². The summed E-state index contributed by atoms with van der Waals surface area (Å²) in [5.74, 6) is 1.70. The van der Waals surface area contributed by atoms with Gasteiger partial charge in [-0.3, -0.25) is 4.79 Å². The minimum absolute atomic E-state index is 0.0251. The van der Waals surface area contributed by atoms with Gasteiger partial charge in [-0.2, -0.15) is 0 Å². The minimum atomic E-state index is 0.0251. The van der Waals surface area contributed by atoms with Crippen LogP contribution in [-0.2, 0) is 17.9 Å². The van der Waals surface area contributed by atoms with Crippen LogP contribution in [0.2, 0.25) is 0 Å². The molecule has 0 unspecified atom stereocenters. The summed E-state index contributed by atoms with van der Waals surface area (Å²) in [6, 6.07) is 19.9. The van der Waals surface area contributed by atoms with E-state index in [0.717, 1.165) is 27.0 Å². The van der Waals surface area contributed by atoms with Crippen LogP contribution in [0.25, 0.3) is 0 Å². The molecule has 0 spiro atoms. The Kier molecular flexibility index (Phi) is 8.78. The summed E-state index contributed by atoms with van der Waals surface area (Å²) in [4.78, 5) is 12.1. The van der Waals surface area contributed by atoms with Gasteiger partial charge in [0, 0.05) is 24.3 Å². The topological polar surface area (TPSA) is 59.6 Å². The highest BCUT2D eigenvalue weighted by molar-refractivity contribution is 9.10. The molecule has 0 fully saturated rings. The second-order valence-electron chi connectivity index (χ2n) is 8.40. The van der Waals surface area contributed by atoms with Crippen LogP contribution >= 0.6 is 15.9 Å². The smallest absolute Gasteiger partial charge is 0.224 e. The molecule has 0 aromatic heterocycles. The molecule has 0 aliphatic rings. The molecule has 0 aliphatic carbocycles. The van der Waals surface area contributed by atoms with E-state index in [1.807, 2.05) is 62.4 Å². The first kappa shape index (κ1) is 24.6. The molecule has 0 saturated carbocycles. The van der Waals surface area contributed by atoms with Crippen LogP contribution in [0.5, 0.6) is 11.5 Å². The van der Waals surface area contributed by atoms with Crippen molar-refractivity contribution in [3.05, 3.63) is 81.8 Å². The van der Waals surface area contributed by atoms with Crippen molar-refractivity contribution in [1.82, 2.24) is 0 Å².